The molecule has 2 atom stereocenters. The number of hydrogen-bond acceptors (Lipinski definition) is 5. The zero-order valence-corrected chi connectivity index (χ0v) is 42.3. The van der Waals surface area contributed by atoms with Gasteiger partial charge in [0.05, 0.1) is 25.4 Å². The summed E-state index contributed by atoms with van der Waals surface area (Å²) >= 11 is 0. The monoisotopic (exact) mass is 888 g/mol. The molecule has 0 aromatic heterocycles. The smallest absolute Gasteiger partial charge is 0.305 e. The van der Waals surface area contributed by atoms with Crippen molar-refractivity contribution >= 4 is 11.9 Å². The molecule has 0 spiro atoms. The van der Waals surface area contributed by atoms with Crippen molar-refractivity contribution in [3.05, 3.63) is 24.3 Å². The predicted molar refractivity (Wildman–Crippen MR) is 273 cm³/mol. The van der Waals surface area contributed by atoms with E-state index in [1.165, 1.54) is 218 Å². The molecule has 3 N–H and O–H groups in total. The molecule has 0 saturated heterocycles. The van der Waals surface area contributed by atoms with Gasteiger partial charge in [-0.1, -0.05) is 256 Å². The van der Waals surface area contributed by atoms with Gasteiger partial charge in [-0.25, -0.2) is 0 Å². The topological polar surface area (TPSA) is 95.9 Å². The number of carbonyl (C=O) groups is 2. The summed E-state index contributed by atoms with van der Waals surface area (Å²) < 4.78 is 5.46. The fourth-order valence-corrected chi connectivity index (χ4v) is 8.63. The fourth-order valence-electron chi connectivity index (χ4n) is 8.63. The maximum atomic E-state index is 12.5. The average Bonchev–Trinajstić information content (AvgIpc) is 3.28. The largest absolute Gasteiger partial charge is 0.466 e. The highest BCUT2D eigenvalue weighted by Gasteiger charge is 2.18. The summed E-state index contributed by atoms with van der Waals surface area (Å²) in [5.41, 5.74) is 0. The van der Waals surface area contributed by atoms with Gasteiger partial charge < -0.3 is 20.3 Å². The van der Waals surface area contributed by atoms with Crippen LogP contribution in [-0.2, 0) is 14.3 Å². The molecule has 0 heterocycles. The Bertz CT molecular complexity index is 982. The van der Waals surface area contributed by atoms with Crippen LogP contribution in [0.2, 0.25) is 0 Å². The van der Waals surface area contributed by atoms with E-state index in [1.807, 2.05) is 6.08 Å². The summed E-state index contributed by atoms with van der Waals surface area (Å²) in [6.07, 6.45) is 63.3. The van der Waals surface area contributed by atoms with Crippen LogP contribution >= 0.6 is 0 Å². The lowest BCUT2D eigenvalue weighted by Crippen LogP contribution is -2.45. The van der Waals surface area contributed by atoms with Gasteiger partial charge >= 0.3 is 5.97 Å². The number of aliphatic hydroxyl groups excluding tert-OH is 2. The van der Waals surface area contributed by atoms with Crippen molar-refractivity contribution in [2.75, 3.05) is 13.2 Å². The molecule has 0 aromatic rings. The Morgan fingerprint density at radius 3 is 1.13 bits per heavy atom. The minimum atomic E-state index is -0.862. The van der Waals surface area contributed by atoms with Gasteiger partial charge in [0, 0.05) is 12.8 Å². The van der Waals surface area contributed by atoms with E-state index in [1.54, 1.807) is 6.08 Å². The van der Waals surface area contributed by atoms with Crippen molar-refractivity contribution in [3.63, 3.8) is 0 Å². The van der Waals surface area contributed by atoms with Gasteiger partial charge in [0.15, 0.2) is 0 Å². The summed E-state index contributed by atoms with van der Waals surface area (Å²) in [4.78, 5) is 24.5. The normalized spacial score (nSPS) is 12.8. The number of esters is 1. The van der Waals surface area contributed by atoms with Crippen LogP contribution in [0.5, 0.6) is 0 Å². The number of hydrogen-bond donors (Lipinski definition) is 3. The highest BCUT2D eigenvalue weighted by atomic mass is 16.5. The van der Waals surface area contributed by atoms with Gasteiger partial charge in [-0.05, 0) is 57.8 Å². The van der Waals surface area contributed by atoms with Crippen LogP contribution < -0.4 is 5.32 Å². The molecular weight excluding hydrogens is 779 g/mol. The second-order valence-corrected chi connectivity index (χ2v) is 19.3. The molecule has 0 aliphatic heterocycles. The average molecular weight is 889 g/mol. The van der Waals surface area contributed by atoms with E-state index in [-0.39, 0.29) is 18.5 Å². The molecule has 2 unspecified atom stereocenters. The molecule has 63 heavy (non-hydrogen) atoms. The van der Waals surface area contributed by atoms with Gasteiger partial charge in [-0.15, -0.1) is 0 Å². The van der Waals surface area contributed by atoms with Crippen molar-refractivity contribution in [1.29, 1.82) is 0 Å². The lowest BCUT2D eigenvalue weighted by molar-refractivity contribution is -0.143. The summed E-state index contributed by atoms with van der Waals surface area (Å²) in [6, 6.07) is -0.648. The number of rotatable bonds is 52. The molecule has 0 aliphatic rings. The van der Waals surface area contributed by atoms with Crippen molar-refractivity contribution in [2.24, 2.45) is 0 Å². The van der Waals surface area contributed by atoms with E-state index in [2.05, 4.69) is 31.3 Å². The number of unbranched alkanes of at least 4 members (excludes halogenated alkanes) is 39. The number of amides is 1. The second-order valence-electron chi connectivity index (χ2n) is 19.3. The van der Waals surface area contributed by atoms with E-state index in [9.17, 15) is 19.8 Å². The van der Waals surface area contributed by atoms with Crippen LogP contribution in [-0.4, -0.2) is 47.4 Å². The standard InChI is InChI=1S/C57H109NO5/c1-3-5-7-9-11-13-15-17-19-21-23-24-26-28-30-33-37-41-45-49-55(60)54(53-59)58-56(61)50-46-42-38-34-32-36-40-44-48-52-63-57(62)51-47-43-39-35-31-29-27-25-22-20-18-16-14-12-10-8-6-4-2/h20,22,45,49,54-55,59-60H,3-19,21,23-44,46-48,50-53H2,1-2H3,(H,58,61)/b22-20-,49-45+. The SMILES string of the molecule is CCCCCCCCC/C=C\CCCCCCCCCC(=O)OCCCCCCCCCCCC(=O)NC(CO)C(O)/C=C/CCCCCCCCCCCCCCCCCCC. The lowest BCUT2D eigenvalue weighted by Gasteiger charge is -2.20. The Hall–Kier alpha value is -1.66. The lowest BCUT2D eigenvalue weighted by atomic mass is 10.0. The van der Waals surface area contributed by atoms with Crippen molar-refractivity contribution < 1.29 is 24.5 Å². The van der Waals surface area contributed by atoms with Gasteiger partial charge in [0.1, 0.15) is 0 Å². The van der Waals surface area contributed by atoms with Gasteiger partial charge in [0.2, 0.25) is 5.91 Å². The third-order valence-corrected chi connectivity index (χ3v) is 13.0. The van der Waals surface area contributed by atoms with Crippen molar-refractivity contribution in [1.82, 2.24) is 5.32 Å². The number of aliphatic hydroxyl groups is 2. The molecule has 6 nitrogen and oxygen atoms in total. The highest BCUT2D eigenvalue weighted by Crippen LogP contribution is 2.16. The summed E-state index contributed by atoms with van der Waals surface area (Å²) in [6.45, 7) is 4.85. The zero-order chi connectivity index (χ0) is 45.8. The maximum Gasteiger partial charge on any atom is 0.305 e. The zero-order valence-electron chi connectivity index (χ0n) is 42.3. The van der Waals surface area contributed by atoms with E-state index in [4.69, 9.17) is 4.74 Å². The highest BCUT2D eigenvalue weighted by molar-refractivity contribution is 5.76. The molecule has 6 heteroatoms. The quantitative estimate of drug-likeness (QED) is 0.0321. The van der Waals surface area contributed by atoms with Gasteiger partial charge in [0.25, 0.3) is 0 Å². The van der Waals surface area contributed by atoms with E-state index in [0.29, 0.717) is 19.4 Å². The molecule has 0 aromatic carbocycles. The molecule has 0 aliphatic carbocycles. The Labute approximate surface area is 392 Å². The molecule has 0 radical (unpaired) electrons. The summed E-state index contributed by atoms with van der Waals surface area (Å²) in [7, 11) is 0. The Morgan fingerprint density at radius 1 is 0.429 bits per heavy atom. The first-order valence-electron chi connectivity index (χ1n) is 28.1. The number of nitrogens with one attached hydrogen (secondary N) is 1. The van der Waals surface area contributed by atoms with E-state index >= 15 is 0 Å². The van der Waals surface area contributed by atoms with Crippen molar-refractivity contribution in [3.8, 4) is 0 Å². The summed E-state index contributed by atoms with van der Waals surface area (Å²) in [5, 5.41) is 23.1. The molecular formula is C57H109NO5. The predicted octanol–water partition coefficient (Wildman–Crippen LogP) is 17.1. The van der Waals surface area contributed by atoms with Crippen LogP contribution in [0, 0.1) is 0 Å². The van der Waals surface area contributed by atoms with Gasteiger partial charge in [-0.3, -0.25) is 9.59 Å². The number of allylic oxidation sites excluding steroid dienone is 3. The van der Waals surface area contributed by atoms with E-state index < -0.39 is 12.1 Å². The van der Waals surface area contributed by atoms with Crippen LogP contribution in [0.1, 0.15) is 303 Å². The Kier molecular flexibility index (Phi) is 51.6. The second kappa shape index (κ2) is 53.0. The third-order valence-electron chi connectivity index (χ3n) is 13.0. The molecule has 0 fully saturated rings. The molecule has 0 rings (SSSR count). The number of carbonyl (C=O) groups excluding carboxylic acids is 2. The van der Waals surface area contributed by atoms with Crippen LogP contribution in [0.25, 0.3) is 0 Å². The first-order valence-corrected chi connectivity index (χ1v) is 28.1. The van der Waals surface area contributed by atoms with E-state index in [0.717, 1.165) is 57.8 Å². The van der Waals surface area contributed by atoms with Crippen LogP contribution in [0.15, 0.2) is 24.3 Å². The van der Waals surface area contributed by atoms with Gasteiger partial charge in [-0.2, -0.15) is 0 Å². The first-order chi connectivity index (χ1) is 31.0. The third kappa shape index (κ3) is 49.6. The first kappa shape index (κ1) is 61.3. The number of ether oxygens (including phenoxy) is 1. The van der Waals surface area contributed by atoms with Crippen LogP contribution in [0.4, 0.5) is 0 Å². The van der Waals surface area contributed by atoms with Crippen molar-refractivity contribution in [2.45, 2.75) is 315 Å². The maximum absolute atomic E-state index is 12.5. The Morgan fingerprint density at radius 2 is 0.746 bits per heavy atom. The Balaban J connectivity index is 3.51. The molecule has 0 saturated carbocycles. The fraction of sp³-hybridized carbons (Fsp3) is 0.895. The minimum Gasteiger partial charge on any atom is -0.466 e. The molecule has 1 amide bonds. The minimum absolute atomic E-state index is 0.0297. The molecule has 372 valence electrons. The molecule has 0 bridgehead atoms. The summed E-state index contributed by atoms with van der Waals surface area (Å²) in [5.74, 6) is -0.123. The van der Waals surface area contributed by atoms with Crippen LogP contribution in [0.3, 0.4) is 0 Å².